The Morgan fingerprint density at radius 1 is 0.969 bits per heavy atom. The van der Waals surface area contributed by atoms with Gasteiger partial charge in [0.15, 0.2) is 11.5 Å². The lowest BCUT2D eigenvalue weighted by molar-refractivity contribution is 0.147. The van der Waals surface area contributed by atoms with Gasteiger partial charge < -0.3 is 24.4 Å². The van der Waals surface area contributed by atoms with E-state index in [1.165, 1.54) is 11.1 Å². The SMILES string of the molecule is COc1cc(NC(=O)N2CCC(CN3CCc4ccccc4C3)CC2)cc(OC)c1OC. The number of hydrogen-bond donors (Lipinski definition) is 1. The quantitative estimate of drug-likeness (QED) is 0.737. The minimum Gasteiger partial charge on any atom is -0.493 e. The fourth-order valence-electron chi connectivity index (χ4n) is 4.75. The van der Waals surface area contributed by atoms with Crippen LogP contribution in [-0.2, 0) is 13.0 Å². The largest absolute Gasteiger partial charge is 0.493 e. The topological polar surface area (TPSA) is 63.3 Å². The molecule has 7 nitrogen and oxygen atoms in total. The van der Waals surface area contributed by atoms with Crippen molar-refractivity contribution in [2.75, 3.05) is 52.8 Å². The van der Waals surface area contributed by atoms with Gasteiger partial charge in [-0.05, 0) is 36.3 Å². The molecule has 0 atom stereocenters. The molecule has 1 saturated heterocycles. The maximum atomic E-state index is 12.8. The molecular weight excluding hydrogens is 406 g/mol. The van der Waals surface area contributed by atoms with Crippen LogP contribution in [0.15, 0.2) is 36.4 Å². The van der Waals surface area contributed by atoms with Gasteiger partial charge in [-0.1, -0.05) is 24.3 Å². The zero-order valence-electron chi connectivity index (χ0n) is 19.2. The fourth-order valence-corrected chi connectivity index (χ4v) is 4.75. The molecule has 0 spiro atoms. The zero-order chi connectivity index (χ0) is 22.5. The molecule has 2 aromatic carbocycles. The van der Waals surface area contributed by atoms with Crippen LogP contribution in [0.1, 0.15) is 24.0 Å². The first-order chi connectivity index (χ1) is 15.6. The van der Waals surface area contributed by atoms with Crippen LogP contribution in [0, 0.1) is 5.92 Å². The third-order valence-corrected chi connectivity index (χ3v) is 6.54. The lowest BCUT2D eigenvalue weighted by Crippen LogP contribution is -2.44. The number of piperidine rings is 1. The van der Waals surface area contributed by atoms with Gasteiger partial charge in [-0.15, -0.1) is 0 Å². The summed E-state index contributed by atoms with van der Waals surface area (Å²) in [6.45, 7) is 4.81. The lowest BCUT2D eigenvalue weighted by Gasteiger charge is -2.36. The summed E-state index contributed by atoms with van der Waals surface area (Å²) in [7, 11) is 4.69. The van der Waals surface area contributed by atoms with E-state index in [1.54, 1.807) is 33.5 Å². The number of likely N-dealkylation sites (tertiary alicyclic amines) is 1. The predicted octanol–water partition coefficient (Wildman–Crippen LogP) is 4.01. The van der Waals surface area contributed by atoms with E-state index < -0.39 is 0 Å². The van der Waals surface area contributed by atoms with Crippen molar-refractivity contribution < 1.29 is 19.0 Å². The number of carbonyl (C=O) groups is 1. The summed E-state index contributed by atoms with van der Waals surface area (Å²) in [5, 5.41) is 2.98. The Bertz CT molecular complexity index is 916. The number of amides is 2. The summed E-state index contributed by atoms with van der Waals surface area (Å²) in [4.78, 5) is 17.3. The maximum Gasteiger partial charge on any atom is 0.321 e. The number of methoxy groups -OCH3 is 3. The summed E-state index contributed by atoms with van der Waals surface area (Å²) in [5.41, 5.74) is 3.57. The van der Waals surface area contributed by atoms with Crippen LogP contribution >= 0.6 is 0 Å². The number of carbonyl (C=O) groups excluding carboxylic acids is 1. The molecule has 172 valence electrons. The Morgan fingerprint density at radius 3 is 2.25 bits per heavy atom. The van der Waals surface area contributed by atoms with Crippen molar-refractivity contribution in [2.45, 2.75) is 25.8 Å². The second-order valence-corrected chi connectivity index (χ2v) is 8.53. The van der Waals surface area contributed by atoms with Gasteiger partial charge in [0.25, 0.3) is 0 Å². The number of nitrogens with one attached hydrogen (secondary N) is 1. The van der Waals surface area contributed by atoms with E-state index in [-0.39, 0.29) is 6.03 Å². The number of rotatable bonds is 6. The van der Waals surface area contributed by atoms with Crippen LogP contribution in [0.5, 0.6) is 17.2 Å². The maximum absolute atomic E-state index is 12.8. The van der Waals surface area contributed by atoms with Gasteiger partial charge in [-0.25, -0.2) is 4.79 Å². The normalized spacial score (nSPS) is 16.9. The number of nitrogens with zero attached hydrogens (tertiary/aromatic N) is 2. The first-order valence-electron chi connectivity index (χ1n) is 11.3. The molecule has 1 N–H and O–H groups in total. The van der Waals surface area contributed by atoms with Gasteiger partial charge in [0.2, 0.25) is 5.75 Å². The number of hydrogen-bond acceptors (Lipinski definition) is 5. The van der Waals surface area contributed by atoms with E-state index in [0.717, 1.165) is 52.0 Å². The van der Waals surface area contributed by atoms with E-state index in [2.05, 4.69) is 34.5 Å². The summed E-state index contributed by atoms with van der Waals surface area (Å²) < 4.78 is 16.1. The van der Waals surface area contributed by atoms with Gasteiger partial charge >= 0.3 is 6.03 Å². The first kappa shape index (κ1) is 22.3. The van der Waals surface area contributed by atoms with Gasteiger partial charge in [0.1, 0.15) is 0 Å². The second-order valence-electron chi connectivity index (χ2n) is 8.53. The third-order valence-electron chi connectivity index (χ3n) is 6.54. The smallest absolute Gasteiger partial charge is 0.321 e. The standard InChI is InChI=1S/C25H33N3O4/c1-30-22-14-21(15-23(31-2)24(22)32-3)26-25(29)28-12-8-18(9-13-28)16-27-11-10-19-6-4-5-7-20(19)17-27/h4-7,14-15,18H,8-13,16-17H2,1-3H3,(H,26,29). The van der Waals surface area contributed by atoms with Crippen molar-refractivity contribution in [1.29, 1.82) is 0 Å². The van der Waals surface area contributed by atoms with Crippen molar-refractivity contribution in [1.82, 2.24) is 9.80 Å². The Morgan fingerprint density at radius 2 is 1.62 bits per heavy atom. The number of anilines is 1. The third kappa shape index (κ3) is 4.93. The fraction of sp³-hybridized carbons (Fsp3) is 0.480. The van der Waals surface area contributed by atoms with Crippen LogP contribution < -0.4 is 19.5 Å². The zero-order valence-corrected chi connectivity index (χ0v) is 19.2. The minimum atomic E-state index is -0.0929. The monoisotopic (exact) mass is 439 g/mol. The van der Waals surface area contributed by atoms with Gasteiger partial charge in [-0.3, -0.25) is 4.90 Å². The molecule has 0 bridgehead atoms. The molecule has 2 aliphatic rings. The Kier molecular flexibility index (Phi) is 7.05. The van der Waals surface area contributed by atoms with Crippen LogP contribution in [0.4, 0.5) is 10.5 Å². The molecule has 2 heterocycles. The molecule has 1 fully saturated rings. The predicted molar refractivity (Wildman–Crippen MR) is 125 cm³/mol. The van der Waals surface area contributed by atoms with Gasteiger partial charge in [0.05, 0.1) is 27.0 Å². The second kappa shape index (κ2) is 10.1. The molecule has 0 unspecified atom stereocenters. The Labute approximate surface area is 190 Å². The summed E-state index contributed by atoms with van der Waals surface area (Å²) in [6, 6.07) is 12.2. The molecule has 2 aromatic rings. The highest BCUT2D eigenvalue weighted by Gasteiger charge is 2.26. The first-order valence-corrected chi connectivity index (χ1v) is 11.3. The molecule has 0 aromatic heterocycles. The van der Waals surface area contributed by atoms with E-state index >= 15 is 0 Å². The average molecular weight is 440 g/mol. The molecule has 0 radical (unpaired) electrons. The van der Waals surface area contributed by atoms with E-state index in [1.807, 2.05) is 4.90 Å². The highest BCUT2D eigenvalue weighted by atomic mass is 16.5. The van der Waals surface area contributed by atoms with E-state index in [4.69, 9.17) is 14.2 Å². The molecule has 0 saturated carbocycles. The molecule has 2 aliphatic heterocycles. The van der Waals surface area contributed by atoms with Gasteiger partial charge in [0, 0.05) is 44.9 Å². The summed E-state index contributed by atoms with van der Waals surface area (Å²) in [5.74, 6) is 2.17. The van der Waals surface area contributed by atoms with Gasteiger partial charge in [-0.2, -0.15) is 0 Å². The van der Waals surface area contributed by atoms with Crippen LogP contribution in [0.3, 0.4) is 0 Å². The van der Waals surface area contributed by atoms with E-state index in [9.17, 15) is 4.79 Å². The average Bonchev–Trinajstić information content (AvgIpc) is 2.83. The lowest BCUT2D eigenvalue weighted by atomic mass is 9.94. The molecule has 4 rings (SSSR count). The van der Waals surface area contributed by atoms with Crippen LogP contribution in [-0.4, -0.2) is 63.3 Å². The molecule has 7 heteroatoms. The summed E-state index contributed by atoms with van der Waals surface area (Å²) in [6.07, 6.45) is 3.19. The van der Waals surface area contributed by atoms with Crippen molar-refractivity contribution in [2.24, 2.45) is 5.92 Å². The number of urea groups is 1. The minimum absolute atomic E-state index is 0.0929. The highest BCUT2D eigenvalue weighted by Crippen LogP contribution is 2.40. The van der Waals surface area contributed by atoms with Crippen molar-refractivity contribution >= 4 is 11.7 Å². The number of fused-ring (bicyclic) bond motifs is 1. The molecular formula is C25H33N3O4. The van der Waals surface area contributed by atoms with Crippen molar-refractivity contribution in [3.8, 4) is 17.2 Å². The van der Waals surface area contributed by atoms with E-state index in [0.29, 0.717) is 28.9 Å². The number of ether oxygens (including phenoxy) is 3. The molecule has 2 amide bonds. The summed E-state index contributed by atoms with van der Waals surface area (Å²) >= 11 is 0. The van der Waals surface area contributed by atoms with Crippen LogP contribution in [0.2, 0.25) is 0 Å². The van der Waals surface area contributed by atoms with Crippen molar-refractivity contribution in [3.05, 3.63) is 47.5 Å². The molecule has 0 aliphatic carbocycles. The van der Waals surface area contributed by atoms with Crippen LogP contribution in [0.25, 0.3) is 0 Å². The van der Waals surface area contributed by atoms with Crippen molar-refractivity contribution in [3.63, 3.8) is 0 Å². The highest BCUT2D eigenvalue weighted by molar-refractivity contribution is 5.90. The number of benzene rings is 2. The Hall–Kier alpha value is -2.93. The molecule has 32 heavy (non-hydrogen) atoms. The Balaban J connectivity index is 1.30.